The molecular formula is C23H29N5O5. The zero-order valence-corrected chi connectivity index (χ0v) is 19.4. The summed E-state index contributed by atoms with van der Waals surface area (Å²) in [6, 6.07) is 3.85. The Kier molecular flexibility index (Phi) is 4.98. The van der Waals surface area contributed by atoms with Crippen LogP contribution >= 0.6 is 0 Å². The van der Waals surface area contributed by atoms with Crippen molar-refractivity contribution in [2.45, 2.75) is 51.2 Å². The fraction of sp³-hybridized carbons (Fsp3) is 0.565. The number of amides is 3. The molecule has 10 heteroatoms. The topological polar surface area (TPSA) is 106 Å². The number of rotatable bonds is 1. The molecule has 2 atom stereocenters. The van der Waals surface area contributed by atoms with Crippen LogP contribution in [0.15, 0.2) is 12.1 Å². The van der Waals surface area contributed by atoms with Crippen molar-refractivity contribution in [2.75, 3.05) is 31.1 Å². The van der Waals surface area contributed by atoms with Crippen LogP contribution in [0, 0.1) is 0 Å². The van der Waals surface area contributed by atoms with Crippen molar-refractivity contribution in [2.24, 2.45) is 7.05 Å². The molecule has 10 nitrogen and oxygen atoms in total. The molecule has 1 aromatic carbocycles. The lowest BCUT2D eigenvalue weighted by Crippen LogP contribution is -2.59. The largest absolute Gasteiger partial charge is 0.489 e. The van der Waals surface area contributed by atoms with Crippen LogP contribution in [0.3, 0.4) is 0 Å². The lowest BCUT2D eigenvalue weighted by Gasteiger charge is -2.45. The lowest BCUT2D eigenvalue weighted by molar-refractivity contribution is -0.134. The number of hydrogen-bond acceptors (Lipinski definition) is 7. The number of hydrogen-bond donors (Lipinski definition) is 1. The number of imide groups is 1. The van der Waals surface area contributed by atoms with Gasteiger partial charge in [0, 0.05) is 38.5 Å². The van der Waals surface area contributed by atoms with Crippen molar-refractivity contribution in [3.63, 3.8) is 0 Å². The number of aryl methyl sites for hydroxylation is 1. The van der Waals surface area contributed by atoms with Gasteiger partial charge in [-0.1, -0.05) is 0 Å². The molecule has 1 N–H and O–H groups in total. The fourth-order valence-electron chi connectivity index (χ4n) is 4.94. The molecule has 0 radical (unpaired) electrons. The first-order valence-corrected chi connectivity index (χ1v) is 11.3. The highest BCUT2D eigenvalue weighted by atomic mass is 16.6. The Bertz CT molecular complexity index is 1150. The van der Waals surface area contributed by atoms with Gasteiger partial charge in [0.15, 0.2) is 0 Å². The van der Waals surface area contributed by atoms with Crippen LogP contribution in [0.2, 0.25) is 0 Å². The molecule has 2 aromatic rings. The Morgan fingerprint density at radius 1 is 1.24 bits per heavy atom. The van der Waals surface area contributed by atoms with E-state index in [9.17, 15) is 14.4 Å². The molecule has 0 aliphatic carbocycles. The van der Waals surface area contributed by atoms with Gasteiger partial charge in [-0.05, 0) is 39.3 Å². The minimum atomic E-state index is -0.544. The van der Waals surface area contributed by atoms with Gasteiger partial charge in [0.2, 0.25) is 11.8 Å². The van der Waals surface area contributed by atoms with E-state index in [4.69, 9.17) is 14.6 Å². The number of carbonyl (C=O) groups is 3. The Morgan fingerprint density at radius 3 is 2.76 bits per heavy atom. The zero-order chi connectivity index (χ0) is 23.5. The van der Waals surface area contributed by atoms with Gasteiger partial charge in [-0.2, -0.15) is 5.10 Å². The molecule has 4 heterocycles. The molecule has 2 fully saturated rings. The number of ether oxygens (including phenoxy) is 2. The second kappa shape index (κ2) is 7.64. The number of anilines is 1. The lowest BCUT2D eigenvalue weighted by atomic mass is 9.92. The van der Waals surface area contributed by atoms with Crippen LogP contribution in [0.1, 0.15) is 45.2 Å². The number of nitrogens with zero attached hydrogens (tertiary/aromatic N) is 4. The van der Waals surface area contributed by atoms with Gasteiger partial charge in [-0.15, -0.1) is 0 Å². The summed E-state index contributed by atoms with van der Waals surface area (Å²) in [6.07, 6.45) is 0.436. The maximum absolute atomic E-state index is 12.6. The monoisotopic (exact) mass is 455 g/mol. The first kappa shape index (κ1) is 21.5. The molecule has 3 aliphatic heterocycles. The summed E-state index contributed by atoms with van der Waals surface area (Å²) in [6.45, 7) is 7.73. The highest BCUT2D eigenvalue weighted by molar-refractivity contribution is 6.04. The van der Waals surface area contributed by atoms with Crippen molar-refractivity contribution in [1.82, 2.24) is 20.0 Å². The second-order valence-corrected chi connectivity index (χ2v) is 9.91. The van der Waals surface area contributed by atoms with Crippen molar-refractivity contribution < 1.29 is 23.9 Å². The SMILES string of the molecule is Cn1nc(C2CCC(=O)NC2=O)c2ccc3c(c21)N1CCN(C(=O)OC(C)(C)C)C[C@@H]1CO3. The van der Waals surface area contributed by atoms with E-state index in [2.05, 4.69) is 10.2 Å². The fourth-order valence-corrected chi connectivity index (χ4v) is 4.94. The first-order valence-electron chi connectivity index (χ1n) is 11.3. The number of nitrogens with one attached hydrogen (secondary N) is 1. The van der Waals surface area contributed by atoms with Crippen molar-refractivity contribution in [3.8, 4) is 5.75 Å². The number of piperidine rings is 1. The number of piperazine rings is 1. The van der Waals surface area contributed by atoms with Crippen LogP contribution in [0.5, 0.6) is 5.75 Å². The third kappa shape index (κ3) is 3.77. The molecule has 3 aliphatic rings. The van der Waals surface area contributed by atoms with Crippen LogP contribution in [-0.2, 0) is 21.4 Å². The average molecular weight is 456 g/mol. The standard InChI is InChI=1S/C23H29N5O5/c1-23(2,3)33-22(31)27-9-10-28-13(11-27)12-32-16-7-5-14-18(25-26(4)19(14)20(16)28)15-6-8-17(29)24-21(15)30/h5,7,13,15H,6,8-12H2,1-4H3,(H,24,29,30)/t13-,15?/m1/s1. The molecule has 1 unspecified atom stereocenters. The Hall–Kier alpha value is -3.30. The molecule has 0 saturated carbocycles. The van der Waals surface area contributed by atoms with E-state index in [-0.39, 0.29) is 23.9 Å². The van der Waals surface area contributed by atoms with Gasteiger partial charge in [0.1, 0.15) is 23.6 Å². The maximum Gasteiger partial charge on any atom is 0.410 e. The van der Waals surface area contributed by atoms with Gasteiger partial charge in [0.05, 0.1) is 23.2 Å². The minimum absolute atomic E-state index is 0.0154. The quantitative estimate of drug-likeness (QED) is 0.655. The summed E-state index contributed by atoms with van der Waals surface area (Å²) in [7, 11) is 1.86. The van der Waals surface area contributed by atoms with Gasteiger partial charge < -0.3 is 19.3 Å². The number of benzene rings is 1. The van der Waals surface area contributed by atoms with Gasteiger partial charge in [-0.25, -0.2) is 4.79 Å². The van der Waals surface area contributed by atoms with E-state index in [1.54, 1.807) is 9.58 Å². The van der Waals surface area contributed by atoms with E-state index < -0.39 is 11.5 Å². The molecule has 5 rings (SSSR count). The normalized spacial score (nSPS) is 23.0. The predicted molar refractivity (Wildman–Crippen MR) is 120 cm³/mol. The van der Waals surface area contributed by atoms with Crippen molar-refractivity contribution in [1.29, 1.82) is 0 Å². The van der Waals surface area contributed by atoms with Crippen LogP contribution in [0.25, 0.3) is 10.9 Å². The van der Waals surface area contributed by atoms with Gasteiger partial charge >= 0.3 is 6.09 Å². The summed E-state index contributed by atoms with van der Waals surface area (Å²) in [4.78, 5) is 40.7. The minimum Gasteiger partial charge on any atom is -0.489 e. The summed E-state index contributed by atoms with van der Waals surface area (Å²) >= 11 is 0. The number of carbonyl (C=O) groups excluding carboxylic acids is 3. The Labute approximate surface area is 191 Å². The third-order valence-corrected chi connectivity index (χ3v) is 6.39. The van der Waals surface area contributed by atoms with E-state index in [1.807, 2.05) is 40.0 Å². The van der Waals surface area contributed by atoms with Crippen molar-refractivity contribution >= 4 is 34.5 Å². The van der Waals surface area contributed by atoms with E-state index in [1.165, 1.54) is 0 Å². The smallest absolute Gasteiger partial charge is 0.410 e. The highest BCUT2D eigenvalue weighted by Crippen LogP contribution is 2.43. The number of fused-ring (bicyclic) bond motifs is 5. The molecular weight excluding hydrogens is 426 g/mol. The maximum atomic E-state index is 12.6. The molecule has 3 amide bonds. The van der Waals surface area contributed by atoms with Gasteiger partial charge in [0.25, 0.3) is 0 Å². The second-order valence-electron chi connectivity index (χ2n) is 9.91. The first-order chi connectivity index (χ1) is 15.6. The highest BCUT2D eigenvalue weighted by Gasteiger charge is 2.39. The molecule has 2 saturated heterocycles. The Balaban J connectivity index is 1.47. The summed E-state index contributed by atoms with van der Waals surface area (Å²) < 4.78 is 13.4. The predicted octanol–water partition coefficient (Wildman–Crippen LogP) is 1.91. The third-order valence-electron chi connectivity index (χ3n) is 6.39. The van der Waals surface area contributed by atoms with E-state index >= 15 is 0 Å². The summed E-state index contributed by atoms with van der Waals surface area (Å²) in [5.74, 6) is -0.242. The molecule has 1 aromatic heterocycles. The van der Waals surface area contributed by atoms with E-state index in [0.29, 0.717) is 44.8 Å². The summed E-state index contributed by atoms with van der Waals surface area (Å²) in [5, 5.41) is 8.00. The molecule has 176 valence electrons. The van der Waals surface area contributed by atoms with Crippen LogP contribution < -0.4 is 15.0 Å². The Morgan fingerprint density at radius 2 is 2.03 bits per heavy atom. The van der Waals surface area contributed by atoms with E-state index in [0.717, 1.165) is 22.3 Å². The van der Waals surface area contributed by atoms with Crippen molar-refractivity contribution in [3.05, 3.63) is 17.8 Å². The molecule has 33 heavy (non-hydrogen) atoms. The zero-order valence-electron chi connectivity index (χ0n) is 19.4. The van der Waals surface area contributed by atoms with Crippen LogP contribution in [0.4, 0.5) is 10.5 Å². The number of aromatic nitrogens is 2. The molecule has 0 bridgehead atoms. The molecule has 0 spiro atoms. The summed E-state index contributed by atoms with van der Waals surface area (Å²) in [5.41, 5.74) is 1.95. The average Bonchev–Trinajstić information content (AvgIpc) is 3.08. The van der Waals surface area contributed by atoms with Crippen LogP contribution in [-0.4, -0.2) is 70.5 Å². The van der Waals surface area contributed by atoms with Gasteiger partial charge in [-0.3, -0.25) is 19.6 Å².